The van der Waals surface area contributed by atoms with E-state index in [0.717, 1.165) is 16.7 Å². The van der Waals surface area contributed by atoms with Gasteiger partial charge in [0, 0.05) is 6.42 Å². The van der Waals surface area contributed by atoms with Gasteiger partial charge in [-0.2, -0.15) is 0 Å². The Hall–Kier alpha value is -1.02. The number of aliphatic hydroxyl groups is 1. The van der Waals surface area contributed by atoms with E-state index in [9.17, 15) is 10.2 Å². The van der Waals surface area contributed by atoms with Crippen molar-refractivity contribution in [1.29, 1.82) is 0 Å². The Morgan fingerprint density at radius 1 is 1.25 bits per heavy atom. The molecule has 0 aliphatic carbocycles. The van der Waals surface area contributed by atoms with Crippen molar-refractivity contribution < 1.29 is 10.2 Å². The first-order valence-corrected chi connectivity index (χ1v) is 5.73. The van der Waals surface area contributed by atoms with E-state index in [4.69, 9.17) is 0 Å². The van der Waals surface area contributed by atoms with Crippen molar-refractivity contribution in [2.45, 2.75) is 52.6 Å². The normalized spacial score (nSPS) is 13.9. The van der Waals surface area contributed by atoms with Gasteiger partial charge < -0.3 is 10.2 Å². The molecular weight excluding hydrogens is 200 g/mol. The first kappa shape index (κ1) is 13.0. The molecule has 1 rings (SSSR count). The summed E-state index contributed by atoms with van der Waals surface area (Å²) >= 11 is 0. The number of phenolic OH excluding ortho intramolecular Hbond substituents is 1. The van der Waals surface area contributed by atoms with E-state index in [1.54, 1.807) is 6.92 Å². The summed E-state index contributed by atoms with van der Waals surface area (Å²) in [6.07, 6.45) is 0.0665. The van der Waals surface area contributed by atoms with Gasteiger partial charge in [0.05, 0.1) is 6.10 Å². The fourth-order valence-corrected chi connectivity index (χ4v) is 1.90. The first-order valence-electron chi connectivity index (χ1n) is 5.73. The van der Waals surface area contributed by atoms with Gasteiger partial charge in [-0.05, 0) is 30.4 Å². The van der Waals surface area contributed by atoms with Crippen molar-refractivity contribution in [2.75, 3.05) is 0 Å². The lowest BCUT2D eigenvalue weighted by Crippen LogP contribution is -2.14. The number of rotatable bonds is 2. The Balaban J connectivity index is 3.26. The van der Waals surface area contributed by atoms with Gasteiger partial charge in [-0.3, -0.25) is 0 Å². The van der Waals surface area contributed by atoms with Crippen LogP contribution in [0.2, 0.25) is 0 Å². The monoisotopic (exact) mass is 222 g/mol. The third-order valence-electron chi connectivity index (χ3n) is 2.66. The molecule has 0 aliphatic heterocycles. The summed E-state index contributed by atoms with van der Waals surface area (Å²) in [5, 5.41) is 19.6. The number of phenols is 1. The van der Waals surface area contributed by atoms with E-state index >= 15 is 0 Å². The number of hydrogen-bond donors (Lipinski definition) is 2. The molecule has 0 amide bonds. The first-order chi connectivity index (χ1) is 7.21. The molecule has 0 heterocycles. The molecule has 0 radical (unpaired) electrons. The van der Waals surface area contributed by atoms with Crippen LogP contribution in [0.4, 0.5) is 0 Å². The van der Waals surface area contributed by atoms with Crippen LogP contribution in [0, 0.1) is 6.92 Å². The van der Waals surface area contributed by atoms with Crippen LogP contribution in [0.1, 0.15) is 44.4 Å². The van der Waals surface area contributed by atoms with Gasteiger partial charge >= 0.3 is 0 Å². The molecule has 0 bridgehead atoms. The zero-order valence-electron chi connectivity index (χ0n) is 10.8. The molecule has 0 aliphatic rings. The Labute approximate surface area is 97.9 Å². The maximum Gasteiger partial charge on any atom is 0.122 e. The van der Waals surface area contributed by atoms with Gasteiger partial charge in [-0.25, -0.2) is 0 Å². The Morgan fingerprint density at radius 2 is 1.81 bits per heavy atom. The van der Waals surface area contributed by atoms with Crippen molar-refractivity contribution >= 4 is 0 Å². The second kappa shape index (κ2) is 4.46. The number of hydrogen-bond acceptors (Lipinski definition) is 2. The summed E-state index contributed by atoms with van der Waals surface area (Å²) in [6, 6.07) is 3.96. The third-order valence-corrected chi connectivity index (χ3v) is 2.66. The summed E-state index contributed by atoms with van der Waals surface area (Å²) in [6.45, 7) is 9.98. The molecule has 1 aromatic rings. The Bertz CT molecular complexity index is 373. The van der Waals surface area contributed by atoms with E-state index in [2.05, 4.69) is 20.8 Å². The fraction of sp³-hybridized carbons (Fsp3) is 0.571. The largest absolute Gasteiger partial charge is 0.507 e. The minimum atomic E-state index is -0.430. The molecule has 0 saturated heterocycles. The van der Waals surface area contributed by atoms with E-state index in [0.29, 0.717) is 12.2 Å². The van der Waals surface area contributed by atoms with Crippen LogP contribution in [0.25, 0.3) is 0 Å². The maximum atomic E-state index is 10.2. The van der Waals surface area contributed by atoms with Crippen LogP contribution in [-0.4, -0.2) is 16.3 Å². The third kappa shape index (κ3) is 2.99. The van der Waals surface area contributed by atoms with Gasteiger partial charge in [0.2, 0.25) is 0 Å². The zero-order valence-corrected chi connectivity index (χ0v) is 10.8. The molecule has 2 nitrogen and oxygen atoms in total. The summed E-state index contributed by atoms with van der Waals surface area (Å²) in [4.78, 5) is 0. The highest BCUT2D eigenvalue weighted by Gasteiger charge is 2.21. The Morgan fingerprint density at radius 3 is 2.25 bits per heavy atom. The molecule has 0 aromatic heterocycles. The van der Waals surface area contributed by atoms with Gasteiger partial charge in [0.25, 0.3) is 0 Å². The minimum absolute atomic E-state index is 0.0798. The van der Waals surface area contributed by atoms with Crippen molar-refractivity contribution in [3.8, 4) is 5.75 Å². The van der Waals surface area contributed by atoms with E-state index in [-0.39, 0.29) is 5.41 Å². The topological polar surface area (TPSA) is 40.5 Å². The van der Waals surface area contributed by atoms with Crippen LogP contribution in [-0.2, 0) is 11.8 Å². The lowest BCUT2D eigenvalue weighted by atomic mass is 9.83. The number of benzene rings is 1. The van der Waals surface area contributed by atoms with Crippen molar-refractivity contribution in [3.63, 3.8) is 0 Å². The van der Waals surface area contributed by atoms with Crippen LogP contribution < -0.4 is 0 Å². The summed E-state index contributed by atoms with van der Waals surface area (Å²) in [7, 11) is 0. The van der Waals surface area contributed by atoms with Crippen LogP contribution in [0.3, 0.4) is 0 Å². The highest BCUT2D eigenvalue weighted by atomic mass is 16.3. The van der Waals surface area contributed by atoms with Crippen molar-refractivity contribution in [1.82, 2.24) is 0 Å². The molecule has 1 aromatic carbocycles. The summed E-state index contributed by atoms with van der Waals surface area (Å²) < 4.78 is 0. The molecule has 90 valence electrons. The quantitative estimate of drug-likeness (QED) is 0.807. The maximum absolute atomic E-state index is 10.2. The smallest absolute Gasteiger partial charge is 0.122 e. The predicted octanol–water partition coefficient (Wildman–Crippen LogP) is 2.92. The highest BCUT2D eigenvalue weighted by Crippen LogP contribution is 2.34. The van der Waals surface area contributed by atoms with Gasteiger partial charge in [-0.1, -0.05) is 38.5 Å². The molecule has 0 fully saturated rings. The lowest BCUT2D eigenvalue weighted by Gasteiger charge is -2.23. The van der Waals surface area contributed by atoms with Gasteiger partial charge in [0.1, 0.15) is 5.75 Å². The minimum Gasteiger partial charge on any atom is -0.507 e. The number of aromatic hydroxyl groups is 1. The van der Waals surface area contributed by atoms with E-state index in [1.165, 1.54) is 0 Å². The zero-order chi connectivity index (χ0) is 12.5. The van der Waals surface area contributed by atoms with Crippen LogP contribution in [0.15, 0.2) is 12.1 Å². The average Bonchev–Trinajstić information content (AvgIpc) is 2.07. The molecule has 2 heteroatoms. The molecule has 1 atom stereocenters. The number of aryl methyl sites for hydroxylation is 1. The van der Waals surface area contributed by atoms with E-state index in [1.807, 2.05) is 19.1 Å². The molecule has 16 heavy (non-hydrogen) atoms. The van der Waals surface area contributed by atoms with Crippen molar-refractivity contribution in [2.24, 2.45) is 0 Å². The highest BCUT2D eigenvalue weighted by molar-refractivity contribution is 5.47. The summed E-state index contributed by atoms with van der Waals surface area (Å²) in [5.41, 5.74) is 2.82. The van der Waals surface area contributed by atoms with E-state index < -0.39 is 6.10 Å². The number of aliphatic hydroxyl groups excluding tert-OH is 1. The SMILES string of the molecule is Cc1cc(CC(C)O)c(O)c(C(C)(C)C)c1. The average molecular weight is 222 g/mol. The standard InChI is InChI=1S/C14H22O2/c1-9-6-11(8-10(2)15)13(16)12(7-9)14(3,4)5/h6-7,10,15-16H,8H2,1-5H3. The second-order valence-electron chi connectivity index (χ2n) is 5.62. The summed E-state index contributed by atoms with van der Waals surface area (Å²) in [5.74, 6) is 0.332. The van der Waals surface area contributed by atoms with Gasteiger partial charge in [-0.15, -0.1) is 0 Å². The molecule has 0 saturated carbocycles. The molecule has 0 spiro atoms. The second-order valence-corrected chi connectivity index (χ2v) is 5.62. The fourth-order valence-electron chi connectivity index (χ4n) is 1.90. The van der Waals surface area contributed by atoms with Crippen LogP contribution >= 0.6 is 0 Å². The molecule has 2 N–H and O–H groups in total. The van der Waals surface area contributed by atoms with Gasteiger partial charge in [0.15, 0.2) is 0 Å². The molecular formula is C14H22O2. The predicted molar refractivity (Wildman–Crippen MR) is 66.9 cm³/mol. The van der Waals surface area contributed by atoms with Crippen LogP contribution in [0.5, 0.6) is 5.75 Å². The van der Waals surface area contributed by atoms with Crippen molar-refractivity contribution in [3.05, 3.63) is 28.8 Å². The molecule has 1 unspecified atom stereocenters. The Kier molecular flexibility index (Phi) is 3.64. The lowest BCUT2D eigenvalue weighted by molar-refractivity contribution is 0.194.